The van der Waals surface area contributed by atoms with Crippen molar-refractivity contribution in [2.45, 2.75) is 57.1 Å². The van der Waals surface area contributed by atoms with Gasteiger partial charge in [-0.15, -0.1) is 0 Å². The van der Waals surface area contributed by atoms with E-state index >= 15 is 0 Å². The molecule has 2 amide bonds. The SMILES string of the molecule is CC[C@@H](C(=O)NC(C)(C)C)N(Cc1ccc(Cl)cc1)C(=O)CN(c1ccc(F)cc1)S(=O)(=O)c1ccc2c(c1)OCCO2. The molecule has 0 aromatic heterocycles. The van der Waals surface area contributed by atoms with Crippen LogP contribution in [0.3, 0.4) is 0 Å². The topological polar surface area (TPSA) is 105 Å². The number of ether oxygens (including phenoxy) is 2. The molecule has 1 N–H and O–H groups in total. The van der Waals surface area contributed by atoms with Gasteiger partial charge in [0.1, 0.15) is 31.6 Å². The molecule has 0 spiro atoms. The highest BCUT2D eigenvalue weighted by molar-refractivity contribution is 7.92. The molecule has 9 nitrogen and oxygen atoms in total. The fraction of sp³-hybridized carbons (Fsp3) is 0.355. The number of fused-ring (bicyclic) bond motifs is 1. The molecular weight excluding hydrogens is 597 g/mol. The molecule has 12 heteroatoms. The fourth-order valence-corrected chi connectivity index (χ4v) is 6.16. The number of hydrogen-bond acceptors (Lipinski definition) is 6. The summed E-state index contributed by atoms with van der Waals surface area (Å²) in [5.74, 6) is -0.913. The first-order chi connectivity index (χ1) is 20.3. The maximum Gasteiger partial charge on any atom is 0.264 e. The number of anilines is 1. The van der Waals surface area contributed by atoms with Gasteiger partial charge in [0.25, 0.3) is 10.0 Å². The summed E-state index contributed by atoms with van der Waals surface area (Å²) in [6, 6.07) is 14.9. The van der Waals surface area contributed by atoms with Gasteiger partial charge >= 0.3 is 0 Å². The highest BCUT2D eigenvalue weighted by Crippen LogP contribution is 2.34. The molecule has 230 valence electrons. The van der Waals surface area contributed by atoms with Crippen LogP contribution in [-0.2, 0) is 26.2 Å². The number of carbonyl (C=O) groups excluding carboxylic acids is 2. The summed E-state index contributed by atoms with van der Waals surface area (Å²) < 4.78 is 54.1. The Morgan fingerprint density at radius 3 is 2.21 bits per heavy atom. The largest absolute Gasteiger partial charge is 0.486 e. The summed E-state index contributed by atoms with van der Waals surface area (Å²) in [6.07, 6.45) is 0.271. The molecule has 3 aromatic rings. The van der Waals surface area contributed by atoms with Crippen LogP contribution in [0.25, 0.3) is 0 Å². The van der Waals surface area contributed by atoms with Crippen molar-refractivity contribution in [2.24, 2.45) is 0 Å². The van der Waals surface area contributed by atoms with Crippen molar-refractivity contribution in [3.8, 4) is 11.5 Å². The van der Waals surface area contributed by atoms with Gasteiger partial charge in [-0.3, -0.25) is 13.9 Å². The summed E-state index contributed by atoms with van der Waals surface area (Å²) in [6.45, 7) is 7.23. The van der Waals surface area contributed by atoms with Crippen molar-refractivity contribution in [1.29, 1.82) is 0 Å². The molecule has 0 saturated carbocycles. The van der Waals surface area contributed by atoms with Crippen LogP contribution >= 0.6 is 11.6 Å². The minimum atomic E-state index is -4.38. The number of hydrogen-bond donors (Lipinski definition) is 1. The van der Waals surface area contributed by atoms with Crippen molar-refractivity contribution in [3.63, 3.8) is 0 Å². The molecule has 3 aromatic carbocycles. The van der Waals surface area contributed by atoms with Crippen LogP contribution in [0.2, 0.25) is 5.02 Å². The lowest BCUT2D eigenvalue weighted by Gasteiger charge is -2.34. The van der Waals surface area contributed by atoms with Crippen molar-refractivity contribution in [2.75, 3.05) is 24.1 Å². The molecule has 1 heterocycles. The number of nitrogens with one attached hydrogen (secondary N) is 1. The monoisotopic (exact) mass is 631 g/mol. The number of halogens is 2. The Morgan fingerprint density at radius 1 is 0.977 bits per heavy atom. The lowest BCUT2D eigenvalue weighted by atomic mass is 10.1. The van der Waals surface area contributed by atoms with E-state index in [0.29, 0.717) is 22.9 Å². The summed E-state index contributed by atoms with van der Waals surface area (Å²) in [7, 11) is -4.38. The highest BCUT2D eigenvalue weighted by atomic mass is 35.5. The van der Waals surface area contributed by atoms with Crippen molar-refractivity contribution in [3.05, 3.63) is 83.1 Å². The Balaban J connectivity index is 1.75. The van der Waals surface area contributed by atoms with Crippen LogP contribution < -0.4 is 19.1 Å². The Labute approximate surface area is 256 Å². The number of benzene rings is 3. The molecule has 1 atom stereocenters. The third kappa shape index (κ3) is 7.97. The lowest BCUT2D eigenvalue weighted by Crippen LogP contribution is -2.55. The summed E-state index contributed by atoms with van der Waals surface area (Å²) in [4.78, 5) is 28.8. The first kappa shape index (κ1) is 32.1. The number of sulfonamides is 1. The van der Waals surface area contributed by atoms with Crippen LogP contribution in [0.5, 0.6) is 11.5 Å². The highest BCUT2D eigenvalue weighted by Gasteiger charge is 2.35. The molecule has 0 bridgehead atoms. The molecule has 0 unspecified atom stereocenters. The molecule has 0 fully saturated rings. The van der Waals surface area contributed by atoms with Crippen molar-refractivity contribution in [1.82, 2.24) is 10.2 Å². The first-order valence-corrected chi connectivity index (χ1v) is 15.6. The van der Waals surface area contributed by atoms with Crippen LogP contribution in [0.15, 0.2) is 71.6 Å². The van der Waals surface area contributed by atoms with Crippen LogP contribution in [-0.4, -0.2) is 56.5 Å². The fourth-order valence-electron chi connectivity index (χ4n) is 4.61. The minimum Gasteiger partial charge on any atom is -0.486 e. The van der Waals surface area contributed by atoms with E-state index in [1.54, 1.807) is 31.2 Å². The Morgan fingerprint density at radius 2 is 1.60 bits per heavy atom. The van der Waals surface area contributed by atoms with Gasteiger partial charge in [0.15, 0.2) is 11.5 Å². The van der Waals surface area contributed by atoms with E-state index in [0.717, 1.165) is 16.4 Å². The number of carbonyl (C=O) groups is 2. The smallest absolute Gasteiger partial charge is 0.264 e. The number of rotatable bonds is 10. The normalized spacial score (nSPS) is 13.6. The molecule has 1 aliphatic heterocycles. The summed E-state index contributed by atoms with van der Waals surface area (Å²) >= 11 is 6.06. The third-order valence-corrected chi connectivity index (χ3v) is 8.67. The van der Waals surface area contributed by atoms with Crippen LogP contribution in [0.1, 0.15) is 39.7 Å². The Kier molecular flexibility index (Phi) is 9.86. The molecule has 0 aliphatic carbocycles. The van der Waals surface area contributed by atoms with Gasteiger partial charge in [0.2, 0.25) is 11.8 Å². The zero-order chi connectivity index (χ0) is 31.4. The van der Waals surface area contributed by atoms with E-state index in [1.807, 2.05) is 20.8 Å². The molecule has 43 heavy (non-hydrogen) atoms. The summed E-state index contributed by atoms with van der Waals surface area (Å²) in [5.41, 5.74) is 0.201. The molecule has 1 aliphatic rings. The average Bonchev–Trinajstić information content (AvgIpc) is 2.96. The zero-order valence-corrected chi connectivity index (χ0v) is 26.0. The van der Waals surface area contributed by atoms with Gasteiger partial charge in [-0.1, -0.05) is 30.7 Å². The molecule has 0 radical (unpaired) electrons. The second-order valence-corrected chi connectivity index (χ2v) is 13.4. The van der Waals surface area contributed by atoms with E-state index in [1.165, 1.54) is 35.2 Å². The van der Waals surface area contributed by atoms with Crippen molar-refractivity contribution >= 4 is 39.1 Å². The van der Waals surface area contributed by atoms with Gasteiger partial charge in [-0.05, 0) is 81.3 Å². The zero-order valence-electron chi connectivity index (χ0n) is 24.5. The van der Waals surface area contributed by atoms with Crippen molar-refractivity contribution < 1.29 is 31.9 Å². The minimum absolute atomic E-state index is 0.0212. The Bertz CT molecular complexity index is 1560. The van der Waals surface area contributed by atoms with Gasteiger partial charge in [0.05, 0.1) is 10.6 Å². The third-order valence-electron chi connectivity index (χ3n) is 6.65. The molecule has 4 rings (SSSR count). The average molecular weight is 632 g/mol. The predicted octanol–water partition coefficient (Wildman–Crippen LogP) is 5.17. The number of amides is 2. The number of nitrogens with zero attached hydrogens (tertiary/aromatic N) is 2. The second kappa shape index (κ2) is 13.2. The first-order valence-electron chi connectivity index (χ1n) is 13.8. The standard InChI is InChI=1S/C31H35ClFN3O6S/c1-5-26(30(38)34-31(2,3)4)35(19-21-6-8-22(32)9-7-21)29(37)20-36(24-12-10-23(33)11-13-24)43(39,40)25-14-15-27-28(18-25)42-17-16-41-27/h6-15,18,26H,5,16-17,19-20H2,1-4H3,(H,34,38)/t26-/m0/s1. The van der Waals surface area contributed by atoms with E-state index in [-0.39, 0.29) is 41.8 Å². The van der Waals surface area contributed by atoms with Crippen LogP contribution in [0.4, 0.5) is 10.1 Å². The Hall–Kier alpha value is -3.83. The van der Waals surface area contributed by atoms with Gasteiger partial charge in [0, 0.05) is 23.2 Å². The van der Waals surface area contributed by atoms with E-state index in [9.17, 15) is 22.4 Å². The van der Waals surface area contributed by atoms with Gasteiger partial charge < -0.3 is 19.7 Å². The second-order valence-electron chi connectivity index (χ2n) is 11.1. The molecular formula is C31H35ClFN3O6S. The van der Waals surface area contributed by atoms with E-state index in [2.05, 4.69) is 5.32 Å². The van der Waals surface area contributed by atoms with E-state index in [4.69, 9.17) is 21.1 Å². The maximum absolute atomic E-state index is 14.1. The molecule has 0 saturated heterocycles. The van der Waals surface area contributed by atoms with Gasteiger partial charge in [-0.2, -0.15) is 0 Å². The quantitative estimate of drug-likeness (QED) is 0.331. The maximum atomic E-state index is 14.1. The predicted molar refractivity (Wildman–Crippen MR) is 162 cm³/mol. The summed E-state index contributed by atoms with van der Waals surface area (Å²) in [5, 5.41) is 3.43. The van der Waals surface area contributed by atoms with E-state index < -0.39 is 39.9 Å². The lowest BCUT2D eigenvalue weighted by molar-refractivity contribution is -0.141. The van der Waals surface area contributed by atoms with Gasteiger partial charge in [-0.25, -0.2) is 12.8 Å². The van der Waals surface area contributed by atoms with Crippen LogP contribution in [0, 0.1) is 5.82 Å².